The predicted molar refractivity (Wildman–Crippen MR) is 59.4 cm³/mol. The van der Waals surface area contributed by atoms with Gasteiger partial charge in [-0.15, -0.1) is 6.58 Å². The number of carbonyl (C=O) groups excluding carboxylic acids is 1. The van der Waals surface area contributed by atoms with E-state index in [1.54, 1.807) is 6.08 Å². The van der Waals surface area contributed by atoms with Crippen LogP contribution >= 0.6 is 0 Å². The Bertz CT molecular complexity index is 219. The van der Waals surface area contributed by atoms with Crippen molar-refractivity contribution in [2.45, 2.75) is 25.3 Å². The van der Waals surface area contributed by atoms with E-state index >= 15 is 0 Å². The number of carbonyl (C=O) groups is 1. The summed E-state index contributed by atoms with van der Waals surface area (Å²) in [6.07, 6.45) is 4.90. The highest BCUT2D eigenvalue weighted by Crippen LogP contribution is 2.16. The van der Waals surface area contributed by atoms with Crippen molar-refractivity contribution in [3.8, 4) is 0 Å². The lowest BCUT2D eigenvalue weighted by molar-refractivity contribution is -0.139. The molecule has 1 heterocycles. The molecule has 15 heavy (non-hydrogen) atoms. The molecule has 0 saturated carbocycles. The zero-order valence-electron chi connectivity index (χ0n) is 9.15. The van der Waals surface area contributed by atoms with E-state index in [0.29, 0.717) is 13.2 Å². The van der Waals surface area contributed by atoms with Crippen LogP contribution in [-0.4, -0.2) is 43.2 Å². The molecule has 1 atom stereocenters. The first-order valence-corrected chi connectivity index (χ1v) is 5.47. The van der Waals surface area contributed by atoms with Gasteiger partial charge in [0.1, 0.15) is 6.61 Å². The third-order valence-electron chi connectivity index (χ3n) is 2.68. The number of hydrogen-bond acceptors (Lipinski definition) is 3. The van der Waals surface area contributed by atoms with Crippen LogP contribution in [0.2, 0.25) is 0 Å². The average Bonchev–Trinajstić information content (AvgIpc) is 2.29. The van der Waals surface area contributed by atoms with Gasteiger partial charge in [-0.25, -0.2) is 0 Å². The molecule has 1 aliphatic heterocycles. The summed E-state index contributed by atoms with van der Waals surface area (Å²) in [6, 6.07) is 0.207. The van der Waals surface area contributed by atoms with Gasteiger partial charge in [-0.05, 0) is 19.3 Å². The van der Waals surface area contributed by atoms with E-state index in [1.807, 2.05) is 4.90 Å². The highest BCUT2D eigenvalue weighted by atomic mass is 16.5. The fourth-order valence-electron chi connectivity index (χ4n) is 1.89. The van der Waals surface area contributed by atoms with Crippen LogP contribution in [-0.2, 0) is 9.53 Å². The smallest absolute Gasteiger partial charge is 0.248 e. The number of rotatable bonds is 5. The third kappa shape index (κ3) is 3.64. The van der Waals surface area contributed by atoms with Gasteiger partial charge in [-0.2, -0.15) is 0 Å². The number of nitrogens with two attached hydrogens (primary N) is 1. The summed E-state index contributed by atoms with van der Waals surface area (Å²) in [6.45, 7) is 5.46. The van der Waals surface area contributed by atoms with Crippen molar-refractivity contribution in [3.05, 3.63) is 12.7 Å². The van der Waals surface area contributed by atoms with Gasteiger partial charge in [0.15, 0.2) is 0 Å². The molecular weight excluding hydrogens is 192 g/mol. The number of hydrogen-bond donors (Lipinski definition) is 1. The van der Waals surface area contributed by atoms with E-state index in [9.17, 15) is 4.79 Å². The predicted octanol–water partition coefficient (Wildman–Crippen LogP) is 0.529. The summed E-state index contributed by atoms with van der Waals surface area (Å²) in [5.41, 5.74) is 5.64. The van der Waals surface area contributed by atoms with Crippen molar-refractivity contribution in [1.82, 2.24) is 4.90 Å². The van der Waals surface area contributed by atoms with Crippen molar-refractivity contribution in [3.63, 3.8) is 0 Å². The molecule has 0 aromatic rings. The number of nitrogens with zero attached hydrogens (tertiary/aromatic N) is 1. The SMILES string of the molecule is C=CCOCC(=O)N1CCCCC1CN. The topological polar surface area (TPSA) is 55.6 Å². The van der Waals surface area contributed by atoms with Crippen molar-refractivity contribution in [2.75, 3.05) is 26.3 Å². The molecule has 4 heteroatoms. The molecule has 4 nitrogen and oxygen atoms in total. The molecule has 0 aromatic carbocycles. The summed E-state index contributed by atoms with van der Waals surface area (Å²) >= 11 is 0. The van der Waals surface area contributed by atoms with E-state index in [1.165, 1.54) is 6.42 Å². The van der Waals surface area contributed by atoms with Crippen LogP contribution in [0.15, 0.2) is 12.7 Å². The molecular formula is C11H20N2O2. The zero-order chi connectivity index (χ0) is 11.1. The van der Waals surface area contributed by atoms with Crippen LogP contribution in [0.25, 0.3) is 0 Å². The van der Waals surface area contributed by atoms with Gasteiger partial charge in [-0.1, -0.05) is 6.08 Å². The maximum atomic E-state index is 11.8. The Morgan fingerprint density at radius 2 is 2.40 bits per heavy atom. The second-order valence-corrected chi connectivity index (χ2v) is 3.78. The van der Waals surface area contributed by atoms with Crippen molar-refractivity contribution < 1.29 is 9.53 Å². The zero-order valence-corrected chi connectivity index (χ0v) is 9.15. The minimum atomic E-state index is 0.0481. The first kappa shape index (κ1) is 12.2. The van der Waals surface area contributed by atoms with Crippen LogP contribution in [0.5, 0.6) is 0 Å². The number of piperidine rings is 1. The molecule has 0 bridgehead atoms. The summed E-state index contributed by atoms with van der Waals surface area (Å²) in [7, 11) is 0. The molecule has 2 N–H and O–H groups in total. The first-order chi connectivity index (χ1) is 7.29. The Morgan fingerprint density at radius 3 is 3.07 bits per heavy atom. The second-order valence-electron chi connectivity index (χ2n) is 3.78. The van der Waals surface area contributed by atoms with Gasteiger partial charge in [0.2, 0.25) is 5.91 Å². The fourth-order valence-corrected chi connectivity index (χ4v) is 1.89. The molecule has 1 rings (SSSR count). The van der Waals surface area contributed by atoms with Crippen LogP contribution in [0.3, 0.4) is 0 Å². The molecule has 0 spiro atoms. The highest BCUT2D eigenvalue weighted by molar-refractivity contribution is 5.77. The summed E-state index contributed by atoms with van der Waals surface area (Å²) in [5, 5.41) is 0. The van der Waals surface area contributed by atoms with Gasteiger partial charge in [0.05, 0.1) is 6.61 Å². The van der Waals surface area contributed by atoms with Gasteiger partial charge in [-0.3, -0.25) is 4.79 Å². The Labute approximate surface area is 91.1 Å². The number of amides is 1. The number of likely N-dealkylation sites (tertiary alicyclic amines) is 1. The lowest BCUT2D eigenvalue weighted by Crippen LogP contribution is -2.48. The Kier molecular flexibility index (Phi) is 5.36. The quantitative estimate of drug-likeness (QED) is 0.534. The van der Waals surface area contributed by atoms with Gasteiger partial charge in [0, 0.05) is 19.1 Å². The standard InChI is InChI=1S/C11H20N2O2/c1-2-7-15-9-11(14)13-6-4-3-5-10(13)8-12/h2,10H,1,3-9,12H2. The molecule has 1 unspecified atom stereocenters. The molecule has 1 aliphatic rings. The minimum Gasteiger partial charge on any atom is -0.368 e. The third-order valence-corrected chi connectivity index (χ3v) is 2.68. The number of ether oxygens (including phenoxy) is 1. The summed E-state index contributed by atoms with van der Waals surface area (Å²) < 4.78 is 5.14. The van der Waals surface area contributed by atoms with Crippen molar-refractivity contribution >= 4 is 5.91 Å². The first-order valence-electron chi connectivity index (χ1n) is 5.47. The van der Waals surface area contributed by atoms with E-state index in [4.69, 9.17) is 10.5 Å². The maximum absolute atomic E-state index is 11.8. The van der Waals surface area contributed by atoms with Crippen molar-refractivity contribution in [1.29, 1.82) is 0 Å². The van der Waals surface area contributed by atoms with E-state index in [-0.39, 0.29) is 18.6 Å². The van der Waals surface area contributed by atoms with Crippen LogP contribution in [0, 0.1) is 0 Å². The molecule has 0 aliphatic carbocycles. The highest BCUT2D eigenvalue weighted by Gasteiger charge is 2.25. The molecule has 86 valence electrons. The lowest BCUT2D eigenvalue weighted by Gasteiger charge is -2.34. The molecule has 1 saturated heterocycles. The van der Waals surface area contributed by atoms with Crippen LogP contribution in [0.1, 0.15) is 19.3 Å². The van der Waals surface area contributed by atoms with Crippen molar-refractivity contribution in [2.24, 2.45) is 5.73 Å². The van der Waals surface area contributed by atoms with Gasteiger partial charge >= 0.3 is 0 Å². The maximum Gasteiger partial charge on any atom is 0.248 e. The Balaban J connectivity index is 2.37. The average molecular weight is 212 g/mol. The Morgan fingerprint density at radius 1 is 1.60 bits per heavy atom. The minimum absolute atomic E-state index is 0.0481. The second kappa shape index (κ2) is 6.58. The monoisotopic (exact) mass is 212 g/mol. The fraction of sp³-hybridized carbons (Fsp3) is 0.727. The molecule has 1 fully saturated rings. The molecule has 1 amide bonds. The van der Waals surface area contributed by atoms with Crippen LogP contribution < -0.4 is 5.73 Å². The summed E-state index contributed by atoms with van der Waals surface area (Å²) in [4.78, 5) is 13.6. The molecule has 0 aromatic heterocycles. The normalized spacial score (nSPS) is 21.4. The Hall–Kier alpha value is -0.870. The largest absolute Gasteiger partial charge is 0.368 e. The van der Waals surface area contributed by atoms with E-state index in [2.05, 4.69) is 6.58 Å². The lowest BCUT2D eigenvalue weighted by atomic mass is 10.0. The van der Waals surface area contributed by atoms with Gasteiger partial charge in [0.25, 0.3) is 0 Å². The summed E-state index contributed by atoms with van der Waals surface area (Å²) in [5.74, 6) is 0.0481. The van der Waals surface area contributed by atoms with E-state index in [0.717, 1.165) is 19.4 Å². The van der Waals surface area contributed by atoms with Crippen LogP contribution in [0.4, 0.5) is 0 Å². The molecule has 0 radical (unpaired) electrons. The van der Waals surface area contributed by atoms with Gasteiger partial charge < -0.3 is 15.4 Å². The van der Waals surface area contributed by atoms with E-state index < -0.39 is 0 Å².